The van der Waals surface area contributed by atoms with E-state index in [1.807, 2.05) is 19.2 Å². The van der Waals surface area contributed by atoms with E-state index in [2.05, 4.69) is 38.0 Å². The maximum Gasteiger partial charge on any atom is 0.251 e. The molecule has 10 heteroatoms. The van der Waals surface area contributed by atoms with Gasteiger partial charge in [-0.05, 0) is 60.9 Å². The first-order chi connectivity index (χ1) is 20.0. The SMILES string of the molecule is Cn1c(-c2cc3cccc(OC[C@@H]4COCCN4)c3n2CC2CC2)nc2c(C[C@H](N)CF)c3c(cc21)CCNC3=O. The molecule has 4 N–H and O–H groups in total. The van der Waals surface area contributed by atoms with Gasteiger partial charge in [0, 0.05) is 43.7 Å². The molecule has 2 atom stereocenters. The number of alkyl halides is 1. The first kappa shape index (κ1) is 26.4. The second-order valence-electron chi connectivity index (χ2n) is 11.7. The molecule has 1 saturated heterocycles. The number of morpholine rings is 1. The van der Waals surface area contributed by atoms with Gasteiger partial charge in [-0.1, -0.05) is 12.1 Å². The van der Waals surface area contributed by atoms with Crippen LogP contribution in [0.2, 0.25) is 0 Å². The Balaban J connectivity index is 1.37. The fourth-order valence-corrected chi connectivity index (χ4v) is 6.33. The molecular weight excluding hydrogens is 523 g/mol. The molecule has 0 spiro atoms. The Morgan fingerprint density at radius 2 is 2.15 bits per heavy atom. The van der Waals surface area contributed by atoms with Crippen molar-refractivity contribution >= 4 is 27.8 Å². The Morgan fingerprint density at radius 3 is 2.93 bits per heavy atom. The fraction of sp³-hybridized carbons (Fsp3) is 0.484. The van der Waals surface area contributed by atoms with Crippen LogP contribution in [-0.4, -0.2) is 71.7 Å². The fourth-order valence-electron chi connectivity index (χ4n) is 6.33. The van der Waals surface area contributed by atoms with Crippen LogP contribution >= 0.6 is 0 Å². The highest BCUT2D eigenvalue weighted by molar-refractivity contribution is 6.03. The van der Waals surface area contributed by atoms with Gasteiger partial charge in [0.1, 0.15) is 19.0 Å². The molecule has 1 saturated carbocycles. The number of imidazole rings is 1. The monoisotopic (exact) mass is 560 g/mol. The van der Waals surface area contributed by atoms with Crippen LogP contribution in [0, 0.1) is 5.92 Å². The summed E-state index contributed by atoms with van der Waals surface area (Å²) in [4.78, 5) is 18.1. The van der Waals surface area contributed by atoms with Crippen molar-refractivity contribution in [3.8, 4) is 17.3 Å². The third-order valence-electron chi connectivity index (χ3n) is 8.62. The maximum absolute atomic E-state index is 13.6. The summed E-state index contributed by atoms with van der Waals surface area (Å²) in [5.41, 5.74) is 12.1. The smallest absolute Gasteiger partial charge is 0.251 e. The summed E-state index contributed by atoms with van der Waals surface area (Å²) in [6.45, 7) is 3.53. The highest BCUT2D eigenvalue weighted by Crippen LogP contribution is 2.40. The lowest BCUT2D eigenvalue weighted by atomic mass is 9.90. The van der Waals surface area contributed by atoms with Gasteiger partial charge in [-0.25, -0.2) is 9.37 Å². The van der Waals surface area contributed by atoms with Crippen molar-refractivity contribution in [1.82, 2.24) is 24.8 Å². The predicted molar refractivity (Wildman–Crippen MR) is 156 cm³/mol. The lowest BCUT2D eigenvalue weighted by Crippen LogP contribution is -2.44. The minimum Gasteiger partial charge on any atom is -0.490 e. The number of hydrogen-bond donors (Lipinski definition) is 3. The van der Waals surface area contributed by atoms with Crippen LogP contribution in [0.1, 0.15) is 34.3 Å². The van der Waals surface area contributed by atoms with E-state index in [1.54, 1.807) is 0 Å². The van der Waals surface area contributed by atoms with Crippen molar-refractivity contribution in [2.24, 2.45) is 18.7 Å². The second kappa shape index (κ2) is 10.7. The number of aromatic nitrogens is 3. The Kier molecular flexibility index (Phi) is 6.92. The standard InChI is InChI=1S/C31H37FN6O3/c1-37-24-11-19-7-8-35-31(39)27(19)23(13-21(33)14-32)28(24)36-30(37)25-12-20-3-2-4-26(29(20)38(25)15-18-5-6-18)41-17-22-16-40-10-9-34-22/h2-4,11-12,18,21-22,34H,5-10,13-17,33H2,1H3,(H,35,39)/t21-,22-/m0/s1. The van der Waals surface area contributed by atoms with E-state index in [-0.39, 0.29) is 18.4 Å². The number of aryl methyl sites for hydroxylation is 1. The van der Waals surface area contributed by atoms with Gasteiger partial charge in [-0.3, -0.25) is 4.79 Å². The summed E-state index contributed by atoms with van der Waals surface area (Å²) in [7, 11) is 2.02. The zero-order valence-electron chi connectivity index (χ0n) is 23.4. The summed E-state index contributed by atoms with van der Waals surface area (Å²) >= 11 is 0. The number of halogens is 1. The van der Waals surface area contributed by atoms with E-state index in [1.165, 1.54) is 12.8 Å². The largest absolute Gasteiger partial charge is 0.490 e. The third-order valence-corrected chi connectivity index (χ3v) is 8.62. The number of carbonyl (C=O) groups excluding carboxylic acids is 1. The Bertz CT molecular complexity index is 1620. The second-order valence-corrected chi connectivity index (χ2v) is 11.7. The van der Waals surface area contributed by atoms with Crippen molar-refractivity contribution in [3.63, 3.8) is 0 Å². The summed E-state index contributed by atoms with van der Waals surface area (Å²) in [6.07, 6.45) is 3.39. The number of carbonyl (C=O) groups is 1. The minimum atomic E-state index is -0.699. The van der Waals surface area contributed by atoms with Gasteiger partial charge in [0.05, 0.1) is 41.5 Å². The zero-order chi connectivity index (χ0) is 28.1. The number of amides is 1. The number of nitrogens with zero attached hydrogens (tertiary/aromatic N) is 3. The molecule has 2 aliphatic heterocycles. The van der Waals surface area contributed by atoms with Crippen molar-refractivity contribution in [3.05, 3.63) is 47.0 Å². The van der Waals surface area contributed by atoms with Crippen LogP contribution in [0.4, 0.5) is 4.39 Å². The number of nitrogens with one attached hydrogen (secondary N) is 2. The van der Waals surface area contributed by atoms with Gasteiger partial charge in [-0.2, -0.15) is 0 Å². The number of ether oxygens (including phenoxy) is 2. The van der Waals surface area contributed by atoms with Crippen LogP contribution in [0.5, 0.6) is 5.75 Å². The molecule has 9 nitrogen and oxygen atoms in total. The number of rotatable bonds is 9. The quantitative estimate of drug-likeness (QED) is 0.290. The first-order valence-electron chi connectivity index (χ1n) is 14.7. The molecule has 1 aliphatic carbocycles. The molecule has 216 valence electrons. The normalized spacial score (nSPS) is 19.9. The molecule has 1 amide bonds. The number of nitrogens with two attached hydrogens (primary N) is 1. The van der Waals surface area contributed by atoms with Crippen LogP contribution in [0.3, 0.4) is 0 Å². The van der Waals surface area contributed by atoms with E-state index < -0.39 is 12.7 Å². The first-order valence-corrected chi connectivity index (χ1v) is 14.7. The average Bonchev–Trinajstić information content (AvgIpc) is 3.65. The van der Waals surface area contributed by atoms with Crippen molar-refractivity contribution in [1.29, 1.82) is 0 Å². The molecule has 7 rings (SSSR count). The maximum atomic E-state index is 13.6. The molecule has 2 aromatic heterocycles. The number of fused-ring (bicyclic) bond motifs is 3. The van der Waals surface area contributed by atoms with Crippen LogP contribution in [0.15, 0.2) is 30.3 Å². The van der Waals surface area contributed by atoms with Gasteiger partial charge < -0.3 is 35.0 Å². The van der Waals surface area contributed by atoms with Crippen LogP contribution in [0.25, 0.3) is 33.5 Å². The van der Waals surface area contributed by atoms with Gasteiger partial charge in [0.15, 0.2) is 5.82 Å². The molecule has 4 heterocycles. The van der Waals surface area contributed by atoms with E-state index in [4.69, 9.17) is 20.2 Å². The molecule has 2 fully saturated rings. The number of hydrogen-bond acceptors (Lipinski definition) is 6. The minimum absolute atomic E-state index is 0.135. The Morgan fingerprint density at radius 1 is 1.27 bits per heavy atom. The molecule has 41 heavy (non-hydrogen) atoms. The van der Waals surface area contributed by atoms with E-state index in [9.17, 15) is 9.18 Å². The molecule has 2 aromatic carbocycles. The number of para-hydroxylation sites is 1. The van der Waals surface area contributed by atoms with Crippen molar-refractivity contribution in [2.45, 2.75) is 44.3 Å². The molecule has 0 unspecified atom stereocenters. The summed E-state index contributed by atoms with van der Waals surface area (Å²) < 4.78 is 30.1. The predicted octanol–water partition coefficient (Wildman–Crippen LogP) is 3.10. The van der Waals surface area contributed by atoms with Crippen molar-refractivity contribution < 1.29 is 18.7 Å². The highest BCUT2D eigenvalue weighted by Gasteiger charge is 2.30. The Labute approximate surface area is 238 Å². The van der Waals surface area contributed by atoms with Crippen LogP contribution < -0.4 is 21.1 Å². The topological polar surface area (TPSA) is 108 Å². The van der Waals surface area contributed by atoms with Gasteiger partial charge in [0.25, 0.3) is 5.91 Å². The van der Waals surface area contributed by atoms with E-state index >= 15 is 0 Å². The molecule has 0 bridgehead atoms. The Hall–Kier alpha value is -3.47. The van der Waals surface area contributed by atoms with E-state index in [0.717, 1.165) is 70.9 Å². The zero-order valence-corrected chi connectivity index (χ0v) is 23.4. The lowest BCUT2D eigenvalue weighted by molar-refractivity contribution is 0.0594. The average molecular weight is 561 g/mol. The van der Waals surface area contributed by atoms with Crippen LogP contribution in [-0.2, 0) is 31.2 Å². The highest BCUT2D eigenvalue weighted by atomic mass is 19.1. The summed E-state index contributed by atoms with van der Waals surface area (Å²) in [6, 6.07) is 9.91. The molecule has 4 aromatic rings. The lowest BCUT2D eigenvalue weighted by Gasteiger charge is -2.24. The summed E-state index contributed by atoms with van der Waals surface area (Å²) in [5, 5.41) is 7.51. The van der Waals surface area contributed by atoms with Crippen molar-refractivity contribution in [2.75, 3.05) is 39.6 Å². The molecule has 0 radical (unpaired) electrons. The molecular formula is C31H37FN6O3. The number of benzene rings is 2. The third kappa shape index (κ3) is 4.87. The van der Waals surface area contributed by atoms with Gasteiger partial charge in [0.2, 0.25) is 0 Å². The van der Waals surface area contributed by atoms with Gasteiger partial charge in [-0.15, -0.1) is 0 Å². The van der Waals surface area contributed by atoms with E-state index in [0.29, 0.717) is 36.8 Å². The summed E-state index contributed by atoms with van der Waals surface area (Å²) in [5.74, 6) is 2.14. The van der Waals surface area contributed by atoms with Gasteiger partial charge >= 0.3 is 0 Å². The molecule has 3 aliphatic rings.